The van der Waals surface area contributed by atoms with Crippen molar-refractivity contribution in [1.82, 2.24) is 0 Å². The molecule has 4 fully saturated rings. The minimum Gasteiger partial charge on any atom is -0.394 e. The minimum atomic E-state index is -2.16. The predicted octanol–water partition coefficient (Wildman–Crippen LogP) is -12.3. The first-order chi connectivity index (χ1) is 26.4. The van der Waals surface area contributed by atoms with Crippen molar-refractivity contribution in [3.8, 4) is 0 Å². The van der Waals surface area contributed by atoms with Gasteiger partial charge in [0.15, 0.2) is 25.2 Å². The molecule has 330 valence electrons. The van der Waals surface area contributed by atoms with Gasteiger partial charge in [-0.3, -0.25) is 0 Å². The Kier molecular flexibility index (Phi) is 17.8. The van der Waals surface area contributed by atoms with Crippen molar-refractivity contribution in [2.24, 2.45) is 0 Å². The second kappa shape index (κ2) is 21.0. The first-order valence-corrected chi connectivity index (χ1v) is 17.5. The Hall–Kier alpha value is -1.04. The topological polar surface area (TPSA) is 438 Å². The van der Waals surface area contributed by atoms with Gasteiger partial charge in [0.1, 0.15) is 122 Å². The quantitative estimate of drug-likeness (QED) is 0.0647. The number of rotatable bonds is 17. The highest BCUT2D eigenvalue weighted by Crippen LogP contribution is 2.34. The number of aliphatic hydroxyl groups excluding tert-OH is 18. The summed E-state index contributed by atoms with van der Waals surface area (Å²) in [5.74, 6) is 0. The average molecular weight is 831 g/mol. The van der Waals surface area contributed by atoms with Gasteiger partial charge in [0.2, 0.25) is 0 Å². The average Bonchev–Trinajstić information content (AvgIpc) is 3.19. The molecule has 0 aromatic carbocycles. The molecular weight excluding hydrogens is 776 g/mol. The fourth-order valence-electron chi connectivity index (χ4n) is 6.51. The molecule has 0 spiro atoms. The number of hydrogen-bond donors (Lipinski definition) is 18. The summed E-state index contributed by atoms with van der Waals surface area (Å²) in [5, 5.41) is 184. The van der Waals surface area contributed by atoms with Gasteiger partial charge in [0.25, 0.3) is 0 Å². The Morgan fingerprint density at radius 1 is 0.375 bits per heavy atom. The highest BCUT2D eigenvalue weighted by Gasteiger charge is 2.55. The lowest BCUT2D eigenvalue weighted by molar-refractivity contribution is -0.389. The van der Waals surface area contributed by atoms with Gasteiger partial charge in [-0.1, -0.05) is 0 Å². The summed E-state index contributed by atoms with van der Waals surface area (Å²) in [5.41, 5.74) is 0. The normalized spacial score (nSPS) is 47.2. The van der Waals surface area contributed by atoms with Crippen molar-refractivity contribution < 1.29 is 130 Å². The zero-order valence-corrected chi connectivity index (χ0v) is 29.4. The van der Waals surface area contributed by atoms with Crippen LogP contribution in [0.15, 0.2) is 0 Å². The van der Waals surface area contributed by atoms with Gasteiger partial charge in [-0.2, -0.15) is 0 Å². The van der Waals surface area contributed by atoms with E-state index in [0.29, 0.717) is 0 Å². The van der Waals surface area contributed by atoms with Crippen molar-refractivity contribution in [3.05, 3.63) is 0 Å². The molecule has 4 heterocycles. The Bertz CT molecular complexity index is 1160. The summed E-state index contributed by atoms with van der Waals surface area (Å²) in [6.45, 7) is -5.56. The first kappa shape index (κ1) is 47.6. The summed E-state index contributed by atoms with van der Waals surface area (Å²) in [6, 6.07) is 0. The van der Waals surface area contributed by atoms with Crippen molar-refractivity contribution >= 4 is 0 Å². The van der Waals surface area contributed by atoms with E-state index in [9.17, 15) is 86.8 Å². The van der Waals surface area contributed by atoms with E-state index in [1.807, 2.05) is 0 Å². The van der Waals surface area contributed by atoms with Gasteiger partial charge >= 0.3 is 0 Å². The van der Waals surface area contributed by atoms with Crippen LogP contribution in [0.5, 0.6) is 0 Å². The molecule has 0 aromatic heterocycles. The third kappa shape index (κ3) is 10.3. The lowest BCUT2D eigenvalue weighted by Gasteiger charge is -2.49. The monoisotopic (exact) mass is 830 g/mol. The van der Waals surface area contributed by atoms with Gasteiger partial charge in [-0.15, -0.1) is 0 Å². The van der Waals surface area contributed by atoms with E-state index in [1.54, 1.807) is 0 Å². The van der Waals surface area contributed by atoms with E-state index in [1.165, 1.54) is 0 Å². The van der Waals surface area contributed by atoms with E-state index >= 15 is 0 Å². The van der Waals surface area contributed by atoms with E-state index < -0.39 is 187 Å². The van der Waals surface area contributed by atoms with Crippen LogP contribution in [0.2, 0.25) is 0 Å². The van der Waals surface area contributed by atoms with Crippen molar-refractivity contribution in [2.45, 2.75) is 147 Å². The summed E-state index contributed by atoms with van der Waals surface area (Å²) in [4.78, 5) is 0. The Morgan fingerprint density at radius 3 is 1.23 bits per heavy atom. The van der Waals surface area contributed by atoms with Gasteiger partial charge in [-0.25, -0.2) is 0 Å². The SMILES string of the molecule is OC[C@H](O)[C@@H](O)[C@@H](O)[C@H](O)CO[C@H]1O[C@H](CO)[C@H](O)[C@H](O[C@@H]2O[C@H](CO)[C@H](O[C@H]3O[C@H](CO)[C@@H](O)[C@H](O[C@H]4O[C@H](CO)[C@@H](O)[C@H](O)[C@@H]4O)[C@@H]3O)[C@H](O)[C@H]2O)[C@H]1O. The van der Waals surface area contributed by atoms with Gasteiger partial charge in [0.05, 0.1) is 39.6 Å². The van der Waals surface area contributed by atoms with Crippen LogP contribution in [0.4, 0.5) is 0 Å². The third-order valence-corrected chi connectivity index (χ3v) is 9.94. The molecule has 56 heavy (non-hydrogen) atoms. The van der Waals surface area contributed by atoms with Gasteiger partial charge < -0.3 is 130 Å². The summed E-state index contributed by atoms with van der Waals surface area (Å²) in [7, 11) is 0. The molecule has 4 rings (SSSR count). The molecule has 26 heteroatoms. The Balaban J connectivity index is 1.45. The third-order valence-electron chi connectivity index (χ3n) is 9.94. The maximum Gasteiger partial charge on any atom is 0.187 e. The molecule has 4 saturated heterocycles. The van der Waals surface area contributed by atoms with Crippen LogP contribution in [-0.4, -0.2) is 279 Å². The summed E-state index contributed by atoms with van der Waals surface area (Å²) < 4.78 is 43.6. The lowest BCUT2D eigenvalue weighted by atomic mass is 9.95. The zero-order valence-electron chi connectivity index (χ0n) is 29.4. The highest BCUT2D eigenvalue weighted by molar-refractivity contribution is 4.98. The maximum absolute atomic E-state index is 11.1. The van der Waals surface area contributed by atoms with E-state index in [4.69, 9.17) is 43.0 Å². The van der Waals surface area contributed by atoms with Crippen molar-refractivity contribution in [1.29, 1.82) is 0 Å². The molecule has 4 aliphatic heterocycles. The van der Waals surface area contributed by atoms with Crippen molar-refractivity contribution in [2.75, 3.05) is 39.6 Å². The Morgan fingerprint density at radius 2 is 0.750 bits per heavy atom. The smallest absolute Gasteiger partial charge is 0.187 e. The molecular formula is C30H54O26. The second-order valence-corrected chi connectivity index (χ2v) is 13.8. The van der Waals surface area contributed by atoms with Crippen LogP contribution in [0, 0.1) is 0 Å². The molecule has 26 nitrogen and oxygen atoms in total. The molecule has 0 amide bonds. The largest absolute Gasteiger partial charge is 0.394 e. The molecule has 0 aromatic rings. The fourth-order valence-corrected chi connectivity index (χ4v) is 6.51. The van der Waals surface area contributed by atoms with Crippen LogP contribution >= 0.6 is 0 Å². The molecule has 4 aliphatic rings. The zero-order chi connectivity index (χ0) is 41.8. The molecule has 0 radical (unpaired) electrons. The summed E-state index contributed by atoms with van der Waals surface area (Å²) in [6.07, 6.45) is -45.3. The number of aliphatic hydroxyl groups is 18. The van der Waals surface area contributed by atoms with Crippen LogP contribution in [0.25, 0.3) is 0 Å². The van der Waals surface area contributed by atoms with Crippen LogP contribution in [0.3, 0.4) is 0 Å². The predicted molar refractivity (Wildman–Crippen MR) is 169 cm³/mol. The lowest BCUT2D eigenvalue weighted by Crippen LogP contribution is -2.67. The van der Waals surface area contributed by atoms with Crippen molar-refractivity contribution in [3.63, 3.8) is 0 Å². The van der Waals surface area contributed by atoms with Crippen LogP contribution in [-0.2, 0) is 37.9 Å². The van der Waals surface area contributed by atoms with Gasteiger partial charge in [0, 0.05) is 0 Å². The molecule has 0 saturated carbocycles. The van der Waals surface area contributed by atoms with Crippen LogP contribution in [0.1, 0.15) is 0 Å². The van der Waals surface area contributed by atoms with E-state index in [-0.39, 0.29) is 0 Å². The molecule has 0 aliphatic carbocycles. The van der Waals surface area contributed by atoms with Crippen LogP contribution < -0.4 is 0 Å². The highest BCUT2D eigenvalue weighted by atomic mass is 16.8. The van der Waals surface area contributed by atoms with Gasteiger partial charge in [-0.05, 0) is 0 Å². The molecule has 0 bridgehead atoms. The standard InChI is InChI=1S/C30H54O26/c31-1-7(36)13(38)14(39)8(37)6-49-27-22(47)25(16(41)10(3-33)50-27)55-29-21(46)19(44)24(12(5-35)53-29)54-30-23(48)26(17(42)11(4-34)52-30)56-28-20(45)18(43)15(40)9(2-32)51-28/h7-48H,1-6H2/t7-,8+,9+,10+,11+,12+,13+,14-,15+,16-,17+,18-,19+,20-,21+,22+,23-,24-,25-,26-,27-,28+,29-,30+/m0/s1. The first-order valence-electron chi connectivity index (χ1n) is 17.5. The molecule has 24 atom stereocenters. The van der Waals surface area contributed by atoms with E-state index in [0.717, 1.165) is 0 Å². The molecule has 0 unspecified atom stereocenters. The molecule has 18 N–H and O–H groups in total. The second-order valence-electron chi connectivity index (χ2n) is 13.8. The van der Waals surface area contributed by atoms with E-state index in [2.05, 4.69) is 0 Å². The maximum atomic E-state index is 11.1. The Labute approximate surface area is 317 Å². The fraction of sp³-hybridized carbons (Fsp3) is 1.00. The number of hydrogen-bond acceptors (Lipinski definition) is 26. The number of ether oxygens (including phenoxy) is 8. The summed E-state index contributed by atoms with van der Waals surface area (Å²) >= 11 is 0. The minimum absolute atomic E-state index is 0.841.